The van der Waals surface area contributed by atoms with E-state index < -0.39 is 7.82 Å². The van der Waals surface area contributed by atoms with Crippen LogP contribution in [0.15, 0.2) is 0 Å². The number of phosphoric acid groups is 1. The Balaban J connectivity index is -0.0000000750. The van der Waals surface area contributed by atoms with E-state index in [9.17, 15) is 0 Å². The minimum atomic E-state index is -4.64. The Morgan fingerprint density at radius 2 is 1.12 bits per heavy atom. The molecular weight excluding hydrogens is 244 g/mol. The first-order valence-electron chi connectivity index (χ1n) is 0.987. The molecule has 0 saturated carbocycles. The molecule has 8 heteroatoms. The summed E-state index contributed by atoms with van der Waals surface area (Å²) in [5, 5.41) is 0. The summed E-state index contributed by atoms with van der Waals surface area (Å²) in [7, 11) is -4.64. The number of hydrogen-bond acceptors (Lipinski definition) is 2. The summed E-state index contributed by atoms with van der Waals surface area (Å²) in [6.45, 7) is 0. The van der Waals surface area contributed by atoms with Crippen molar-refractivity contribution in [1.29, 1.82) is 0 Å². The first kappa shape index (κ1) is 16.8. The van der Waals surface area contributed by atoms with Crippen molar-refractivity contribution in [3.63, 3.8) is 0 Å². The van der Waals surface area contributed by atoms with E-state index in [1.165, 1.54) is 0 Å². The molecule has 3 N–H and O–H groups in total. The van der Waals surface area contributed by atoms with Gasteiger partial charge in [0.2, 0.25) is 0 Å². The molecule has 0 aromatic rings. The van der Waals surface area contributed by atoms with Crippen LogP contribution in [0, 0.1) is 0 Å². The average Bonchev–Trinajstić information content (AvgIpc) is 1.36. The van der Waals surface area contributed by atoms with Gasteiger partial charge in [-0.2, -0.15) is 0 Å². The Labute approximate surface area is 107 Å². The summed E-state index contributed by atoms with van der Waals surface area (Å²) in [6, 6.07) is 0. The Morgan fingerprint density at radius 1 is 1.12 bits per heavy atom. The molecule has 0 aliphatic rings. The van der Waals surface area contributed by atoms with Crippen LogP contribution in [-0.4, -0.2) is 72.9 Å². The van der Waals surface area contributed by atoms with E-state index in [0.717, 1.165) is 20.4 Å². The fourth-order valence-electron chi connectivity index (χ4n) is 0. The zero-order valence-corrected chi connectivity index (χ0v) is 5.56. The zero-order valence-electron chi connectivity index (χ0n) is 3.11. The molecule has 0 rings (SSSR count). The van der Waals surface area contributed by atoms with Crippen molar-refractivity contribution in [3.05, 3.63) is 0 Å². The van der Waals surface area contributed by atoms with E-state index in [2.05, 4.69) is 0 Å². The molecule has 0 heterocycles. The van der Waals surface area contributed by atoms with Crippen LogP contribution in [0.2, 0.25) is 0 Å². The third-order valence-electron chi connectivity index (χ3n) is 0. The second-order valence-corrected chi connectivity index (χ2v) is 1.54. The van der Waals surface area contributed by atoms with Gasteiger partial charge >= 0.3 is 89.7 Å². The van der Waals surface area contributed by atoms with Crippen molar-refractivity contribution in [2.24, 2.45) is 0 Å². The van der Waals surface area contributed by atoms with Gasteiger partial charge in [0.1, 0.15) is 0 Å². The predicted molar refractivity (Wildman–Crippen MR) is 22.1 cm³/mol. The van der Waals surface area contributed by atoms with Crippen LogP contribution in [-0.2, 0) is 28.3 Å². The van der Waals surface area contributed by atoms with Crippen LogP contribution >= 0.6 is 7.82 Å². The number of rotatable bonds is 0. The molecule has 8 heavy (non-hydrogen) atoms. The molecule has 44 valence electrons. The van der Waals surface area contributed by atoms with E-state index >= 15 is 0 Å². The van der Waals surface area contributed by atoms with E-state index in [1.807, 2.05) is 0 Å². The Morgan fingerprint density at radius 3 is 1.12 bits per heavy atom. The normalized spacial score (nSPS) is 7.75. The van der Waals surface area contributed by atoms with Gasteiger partial charge in [-0.05, 0) is 0 Å². The van der Waals surface area contributed by atoms with Gasteiger partial charge in [0.15, 0.2) is 0 Å². The molecule has 0 unspecified atom stereocenters. The molecule has 0 bridgehead atoms. The molecule has 0 aromatic heterocycles. The van der Waals surface area contributed by atoms with Crippen molar-refractivity contribution in [1.82, 2.24) is 0 Å². The van der Waals surface area contributed by atoms with Crippen molar-refractivity contribution >= 4 is 66.0 Å². The SMILES string of the molecule is O=P(O)(O)O.[O]=[Ti].[RbH]. The van der Waals surface area contributed by atoms with Gasteiger partial charge < -0.3 is 14.7 Å². The quantitative estimate of drug-likeness (QED) is 0.351. The second kappa shape index (κ2) is 9.43. The van der Waals surface area contributed by atoms with Gasteiger partial charge in [-0.1, -0.05) is 0 Å². The predicted octanol–water partition coefficient (Wildman–Crippen LogP) is -1.70. The van der Waals surface area contributed by atoms with Crippen LogP contribution in [0.3, 0.4) is 0 Å². The molecule has 0 fully saturated rings. The van der Waals surface area contributed by atoms with Crippen molar-refractivity contribution < 1.29 is 43.0 Å². The summed E-state index contributed by atoms with van der Waals surface area (Å²) < 4.78 is 17.1. The summed E-state index contributed by atoms with van der Waals surface area (Å²) in [5.74, 6) is 0. The van der Waals surface area contributed by atoms with Gasteiger partial charge in [0.05, 0.1) is 0 Å². The Kier molecular flexibility index (Phi) is 19.8. The minimum absolute atomic E-state index is 0. The molecular formula is H4O5PRbTi. The zero-order chi connectivity index (χ0) is 6.50. The first-order valence-corrected chi connectivity index (χ1v) is 3.19. The van der Waals surface area contributed by atoms with Gasteiger partial charge in [0, 0.05) is 0 Å². The van der Waals surface area contributed by atoms with Crippen LogP contribution < -0.4 is 0 Å². The van der Waals surface area contributed by atoms with Crippen LogP contribution in [0.1, 0.15) is 0 Å². The van der Waals surface area contributed by atoms with Gasteiger partial charge in [0.25, 0.3) is 0 Å². The number of hydrogen-bond donors (Lipinski definition) is 3. The molecule has 0 aliphatic carbocycles. The molecule has 0 atom stereocenters. The summed E-state index contributed by atoms with van der Waals surface area (Å²) >= 11 is 0.750. The van der Waals surface area contributed by atoms with Crippen molar-refractivity contribution in [2.75, 3.05) is 0 Å². The van der Waals surface area contributed by atoms with Crippen LogP contribution in [0.4, 0.5) is 0 Å². The Hall–Kier alpha value is 2.43. The molecule has 5 nitrogen and oxygen atoms in total. The fourth-order valence-corrected chi connectivity index (χ4v) is 0. The Bertz CT molecular complexity index is 68.2. The topological polar surface area (TPSA) is 94.8 Å². The molecule has 0 radical (unpaired) electrons. The maximum atomic E-state index is 8.88. The first-order chi connectivity index (χ1) is 3.00. The van der Waals surface area contributed by atoms with Gasteiger partial charge in [-0.3, -0.25) is 0 Å². The van der Waals surface area contributed by atoms with Crippen LogP contribution in [0.25, 0.3) is 0 Å². The van der Waals surface area contributed by atoms with E-state index in [4.69, 9.17) is 22.6 Å². The van der Waals surface area contributed by atoms with Crippen LogP contribution in [0.5, 0.6) is 0 Å². The third-order valence-corrected chi connectivity index (χ3v) is 0. The second-order valence-electron chi connectivity index (χ2n) is 0.513. The van der Waals surface area contributed by atoms with E-state index in [-0.39, 0.29) is 58.2 Å². The summed E-state index contributed by atoms with van der Waals surface area (Å²) in [6.07, 6.45) is 0. The van der Waals surface area contributed by atoms with E-state index in [0.29, 0.717) is 0 Å². The molecule has 0 aromatic carbocycles. The van der Waals surface area contributed by atoms with Gasteiger partial charge in [-0.15, -0.1) is 0 Å². The molecule has 0 amide bonds. The molecule has 0 aliphatic heterocycles. The van der Waals surface area contributed by atoms with Crippen molar-refractivity contribution in [3.8, 4) is 0 Å². The maximum absolute atomic E-state index is 8.88. The summed E-state index contributed by atoms with van der Waals surface area (Å²) in [4.78, 5) is 21.6. The van der Waals surface area contributed by atoms with Gasteiger partial charge in [-0.25, -0.2) is 4.57 Å². The fraction of sp³-hybridized carbons (Fsp3) is 0. The standard InChI is InChI=1S/H3O4P.O.Rb.Ti.H/c1-5(2,3)4;;;;/h(H3,1,2,3,4);;;;. The molecule has 0 saturated heterocycles. The average molecular weight is 248 g/mol. The van der Waals surface area contributed by atoms with E-state index in [1.54, 1.807) is 0 Å². The monoisotopic (exact) mass is 248 g/mol. The van der Waals surface area contributed by atoms with Crippen molar-refractivity contribution in [2.45, 2.75) is 0 Å². The summed E-state index contributed by atoms with van der Waals surface area (Å²) in [5.41, 5.74) is 0. The molecule has 0 spiro atoms. The third kappa shape index (κ3) is 78.8.